The van der Waals surface area contributed by atoms with Crippen LogP contribution in [0.25, 0.3) is 0 Å². The number of carbonyl (C=O) groups is 3. The molecule has 0 aliphatic carbocycles. The standard InChI is InChI=1S/C19H28N2O5S/c1-6-25-17(22)14-13(5)15(18(23)26-7-2)27-16(14)20-19(24)21-9-8-11(3)10-12(21)4/h11-12H,6-10H2,1-5H3,(H,20,24)/t11-,12-/m1/s1. The lowest BCUT2D eigenvalue weighted by molar-refractivity contribution is 0.0527. The second-order valence-corrected chi connectivity index (χ2v) is 7.82. The van der Waals surface area contributed by atoms with Crippen LogP contribution < -0.4 is 5.32 Å². The number of nitrogens with zero attached hydrogens (tertiary/aromatic N) is 1. The third-order valence-corrected chi connectivity index (χ3v) is 5.89. The number of esters is 2. The average molecular weight is 397 g/mol. The molecule has 0 saturated carbocycles. The Kier molecular flexibility index (Phi) is 7.24. The molecule has 8 heteroatoms. The van der Waals surface area contributed by atoms with Crippen molar-refractivity contribution in [1.82, 2.24) is 4.90 Å². The van der Waals surface area contributed by atoms with Gasteiger partial charge >= 0.3 is 18.0 Å². The van der Waals surface area contributed by atoms with Gasteiger partial charge in [-0.25, -0.2) is 14.4 Å². The number of thiophene rings is 1. The van der Waals surface area contributed by atoms with Crippen LogP contribution in [0.5, 0.6) is 0 Å². The van der Waals surface area contributed by atoms with Crippen LogP contribution in [0.2, 0.25) is 0 Å². The van der Waals surface area contributed by atoms with Crippen LogP contribution in [-0.2, 0) is 9.47 Å². The molecule has 2 atom stereocenters. The molecular weight excluding hydrogens is 368 g/mol. The summed E-state index contributed by atoms with van der Waals surface area (Å²) in [4.78, 5) is 39.5. The highest BCUT2D eigenvalue weighted by Gasteiger charge is 2.31. The molecule has 0 aromatic carbocycles. The van der Waals surface area contributed by atoms with Crippen molar-refractivity contribution >= 4 is 34.3 Å². The molecule has 1 aromatic heterocycles. The number of hydrogen-bond donors (Lipinski definition) is 1. The monoisotopic (exact) mass is 396 g/mol. The second-order valence-electron chi connectivity index (χ2n) is 6.80. The minimum atomic E-state index is -0.558. The van der Waals surface area contributed by atoms with E-state index in [1.165, 1.54) is 0 Å². The summed E-state index contributed by atoms with van der Waals surface area (Å²) in [5, 5.41) is 3.14. The van der Waals surface area contributed by atoms with Crippen molar-refractivity contribution in [3.05, 3.63) is 16.0 Å². The zero-order valence-electron chi connectivity index (χ0n) is 16.6. The number of rotatable bonds is 5. The summed E-state index contributed by atoms with van der Waals surface area (Å²) in [6, 6.07) is -0.151. The van der Waals surface area contributed by atoms with Gasteiger partial charge in [0.15, 0.2) is 0 Å². The van der Waals surface area contributed by atoms with Gasteiger partial charge in [-0.3, -0.25) is 5.32 Å². The average Bonchev–Trinajstić information content (AvgIpc) is 2.91. The van der Waals surface area contributed by atoms with E-state index in [-0.39, 0.29) is 30.9 Å². The first-order chi connectivity index (χ1) is 12.8. The highest BCUT2D eigenvalue weighted by Crippen LogP contribution is 2.35. The second kappa shape index (κ2) is 9.21. The molecule has 1 aliphatic rings. The van der Waals surface area contributed by atoms with Gasteiger partial charge in [0.25, 0.3) is 0 Å². The summed E-state index contributed by atoms with van der Waals surface area (Å²) in [5.41, 5.74) is 0.684. The highest BCUT2D eigenvalue weighted by molar-refractivity contribution is 7.18. The Labute approximate surface area is 164 Å². The minimum absolute atomic E-state index is 0.116. The van der Waals surface area contributed by atoms with E-state index < -0.39 is 11.9 Å². The largest absolute Gasteiger partial charge is 0.462 e. The van der Waals surface area contributed by atoms with E-state index in [4.69, 9.17) is 9.47 Å². The van der Waals surface area contributed by atoms with Gasteiger partial charge in [-0.15, -0.1) is 11.3 Å². The molecule has 0 spiro atoms. The third kappa shape index (κ3) is 4.80. The molecule has 7 nitrogen and oxygen atoms in total. The molecular formula is C19H28N2O5S. The molecule has 0 bridgehead atoms. The van der Waals surface area contributed by atoms with Crippen molar-refractivity contribution in [2.24, 2.45) is 5.92 Å². The molecule has 1 N–H and O–H groups in total. The molecule has 2 amide bonds. The highest BCUT2D eigenvalue weighted by atomic mass is 32.1. The predicted molar refractivity (Wildman–Crippen MR) is 105 cm³/mol. The summed E-state index contributed by atoms with van der Waals surface area (Å²) >= 11 is 1.05. The van der Waals surface area contributed by atoms with E-state index in [0.29, 0.717) is 27.9 Å². The maximum absolute atomic E-state index is 12.8. The van der Waals surface area contributed by atoms with Gasteiger partial charge < -0.3 is 14.4 Å². The fraction of sp³-hybridized carbons (Fsp3) is 0.632. The summed E-state index contributed by atoms with van der Waals surface area (Å²) in [5.74, 6) is -0.484. The smallest absolute Gasteiger partial charge is 0.348 e. The Bertz CT molecular complexity index is 715. The van der Waals surface area contributed by atoms with Gasteiger partial charge in [-0.05, 0) is 52.0 Å². The van der Waals surface area contributed by atoms with Gasteiger partial charge in [-0.2, -0.15) is 0 Å². The van der Waals surface area contributed by atoms with Crippen molar-refractivity contribution in [3.8, 4) is 0 Å². The minimum Gasteiger partial charge on any atom is -0.462 e. The zero-order chi connectivity index (χ0) is 20.1. The molecule has 27 heavy (non-hydrogen) atoms. The van der Waals surface area contributed by atoms with E-state index in [9.17, 15) is 14.4 Å². The molecule has 1 saturated heterocycles. The van der Waals surface area contributed by atoms with Crippen LogP contribution in [0.4, 0.5) is 9.80 Å². The van der Waals surface area contributed by atoms with Crippen molar-refractivity contribution in [2.45, 2.75) is 53.5 Å². The SMILES string of the molecule is CCOC(=O)c1sc(NC(=O)N2CC[C@@H](C)C[C@H]2C)c(C(=O)OCC)c1C. The van der Waals surface area contributed by atoms with Gasteiger partial charge in [0.1, 0.15) is 9.88 Å². The molecule has 1 aromatic rings. The fourth-order valence-electron chi connectivity index (χ4n) is 3.32. The summed E-state index contributed by atoms with van der Waals surface area (Å²) in [6.07, 6.45) is 1.88. The normalized spacial score (nSPS) is 19.5. The predicted octanol–water partition coefficient (Wildman–Crippen LogP) is 4.06. The molecule has 2 heterocycles. The van der Waals surface area contributed by atoms with Crippen LogP contribution >= 0.6 is 11.3 Å². The lowest BCUT2D eigenvalue weighted by Crippen LogP contribution is -2.46. The third-order valence-electron chi connectivity index (χ3n) is 4.71. The van der Waals surface area contributed by atoms with E-state index in [2.05, 4.69) is 12.2 Å². The molecule has 1 fully saturated rings. The van der Waals surface area contributed by atoms with E-state index in [1.807, 2.05) is 6.92 Å². The summed E-state index contributed by atoms with van der Waals surface area (Å²) in [7, 11) is 0. The first-order valence-electron chi connectivity index (χ1n) is 9.35. The Hall–Kier alpha value is -2.09. The fourth-order valence-corrected chi connectivity index (χ4v) is 4.40. The number of carbonyl (C=O) groups excluding carboxylic acids is 3. The Balaban J connectivity index is 2.31. The van der Waals surface area contributed by atoms with Gasteiger partial charge in [0.05, 0.1) is 18.8 Å². The van der Waals surface area contributed by atoms with Crippen LogP contribution in [0.15, 0.2) is 0 Å². The topological polar surface area (TPSA) is 84.9 Å². The molecule has 0 radical (unpaired) electrons. The first kappa shape index (κ1) is 21.2. The molecule has 150 valence electrons. The van der Waals surface area contributed by atoms with Gasteiger partial charge in [0.2, 0.25) is 0 Å². The van der Waals surface area contributed by atoms with E-state index >= 15 is 0 Å². The van der Waals surface area contributed by atoms with Gasteiger partial charge in [0, 0.05) is 12.6 Å². The molecule has 0 unspecified atom stereocenters. The lowest BCUT2D eigenvalue weighted by atomic mass is 9.94. The number of ether oxygens (including phenoxy) is 2. The van der Waals surface area contributed by atoms with E-state index in [0.717, 1.165) is 24.2 Å². The van der Waals surface area contributed by atoms with Crippen molar-refractivity contribution < 1.29 is 23.9 Å². The van der Waals surface area contributed by atoms with E-state index in [1.54, 1.807) is 25.7 Å². The zero-order valence-corrected chi connectivity index (χ0v) is 17.4. The maximum Gasteiger partial charge on any atom is 0.348 e. The van der Waals surface area contributed by atoms with Crippen LogP contribution in [0.3, 0.4) is 0 Å². The van der Waals surface area contributed by atoms with Crippen LogP contribution in [0, 0.1) is 12.8 Å². The van der Waals surface area contributed by atoms with Crippen molar-refractivity contribution in [3.63, 3.8) is 0 Å². The Morgan fingerprint density at radius 1 is 1.15 bits per heavy atom. The number of likely N-dealkylation sites (tertiary alicyclic amines) is 1. The quantitative estimate of drug-likeness (QED) is 0.759. The number of hydrogen-bond acceptors (Lipinski definition) is 6. The number of amides is 2. The Morgan fingerprint density at radius 3 is 2.37 bits per heavy atom. The number of urea groups is 1. The Morgan fingerprint density at radius 2 is 1.78 bits per heavy atom. The van der Waals surface area contributed by atoms with Gasteiger partial charge in [-0.1, -0.05) is 6.92 Å². The van der Waals surface area contributed by atoms with Crippen molar-refractivity contribution in [2.75, 3.05) is 25.1 Å². The number of anilines is 1. The lowest BCUT2D eigenvalue weighted by Gasteiger charge is -2.36. The maximum atomic E-state index is 12.8. The summed E-state index contributed by atoms with van der Waals surface area (Å²) < 4.78 is 10.2. The molecule has 2 rings (SSSR count). The van der Waals surface area contributed by atoms with Crippen molar-refractivity contribution in [1.29, 1.82) is 0 Å². The molecule has 1 aliphatic heterocycles. The van der Waals surface area contributed by atoms with Crippen LogP contribution in [0.1, 0.15) is 66.1 Å². The summed E-state index contributed by atoms with van der Waals surface area (Å²) in [6.45, 7) is 10.4. The first-order valence-corrected chi connectivity index (χ1v) is 10.2. The van der Waals surface area contributed by atoms with Crippen LogP contribution in [-0.4, -0.2) is 48.7 Å². The number of nitrogens with one attached hydrogen (secondary N) is 1. The number of piperidine rings is 1.